The Bertz CT molecular complexity index is 484. The third-order valence-corrected chi connectivity index (χ3v) is 3.23. The Hall–Kier alpha value is -1.46. The molecule has 0 saturated heterocycles. The number of aromatic nitrogens is 2. The summed E-state index contributed by atoms with van der Waals surface area (Å²) in [7, 11) is 0. The highest BCUT2D eigenvalue weighted by molar-refractivity contribution is 5.36. The van der Waals surface area contributed by atoms with Gasteiger partial charge in [-0.05, 0) is 19.8 Å². The lowest BCUT2D eigenvalue weighted by molar-refractivity contribution is -0.0417. The molecular weight excluding hydrogens is 228 g/mol. The van der Waals surface area contributed by atoms with Crippen LogP contribution in [0.4, 0.5) is 14.6 Å². The standard InChI is InChI=1S/C11H15F2N3O/c1-6-8(14)15-9(16-10(6)17)7-3-2-4-11(12,13)5-7/h7H,2-5H2,1H3,(H3,14,15,16,17). The van der Waals surface area contributed by atoms with Crippen LogP contribution in [0.2, 0.25) is 0 Å². The van der Waals surface area contributed by atoms with Crippen molar-refractivity contribution in [3.05, 3.63) is 21.7 Å². The molecule has 0 aromatic carbocycles. The molecule has 6 heteroatoms. The Morgan fingerprint density at radius 1 is 1.53 bits per heavy atom. The molecule has 2 rings (SSSR count). The Morgan fingerprint density at radius 3 is 2.82 bits per heavy atom. The Balaban J connectivity index is 2.31. The van der Waals surface area contributed by atoms with Gasteiger partial charge in [0, 0.05) is 18.8 Å². The van der Waals surface area contributed by atoms with Gasteiger partial charge in [0.15, 0.2) is 0 Å². The molecule has 4 nitrogen and oxygen atoms in total. The maximum absolute atomic E-state index is 13.3. The summed E-state index contributed by atoms with van der Waals surface area (Å²) in [6, 6.07) is 0. The number of hydrogen-bond acceptors (Lipinski definition) is 3. The normalized spacial score (nSPS) is 23.6. The van der Waals surface area contributed by atoms with E-state index >= 15 is 0 Å². The van der Waals surface area contributed by atoms with Crippen LogP contribution in [-0.4, -0.2) is 15.9 Å². The van der Waals surface area contributed by atoms with Crippen molar-refractivity contribution in [1.82, 2.24) is 9.97 Å². The average molecular weight is 243 g/mol. The number of halogens is 2. The molecule has 0 amide bonds. The summed E-state index contributed by atoms with van der Waals surface area (Å²) < 4.78 is 26.5. The van der Waals surface area contributed by atoms with E-state index in [1.165, 1.54) is 0 Å². The van der Waals surface area contributed by atoms with E-state index in [0.29, 0.717) is 18.4 Å². The maximum atomic E-state index is 13.3. The summed E-state index contributed by atoms with van der Waals surface area (Å²) in [6.45, 7) is 1.56. The van der Waals surface area contributed by atoms with E-state index in [1.807, 2.05) is 0 Å². The summed E-state index contributed by atoms with van der Waals surface area (Å²) >= 11 is 0. The number of nitrogens with zero attached hydrogens (tertiary/aromatic N) is 1. The van der Waals surface area contributed by atoms with Gasteiger partial charge in [0.2, 0.25) is 5.92 Å². The first-order valence-corrected chi connectivity index (χ1v) is 5.63. The fourth-order valence-electron chi connectivity index (χ4n) is 2.17. The van der Waals surface area contributed by atoms with E-state index in [2.05, 4.69) is 9.97 Å². The van der Waals surface area contributed by atoms with Crippen molar-refractivity contribution in [1.29, 1.82) is 0 Å². The molecule has 1 atom stereocenters. The average Bonchev–Trinajstić information content (AvgIpc) is 2.23. The molecule has 17 heavy (non-hydrogen) atoms. The zero-order chi connectivity index (χ0) is 12.6. The number of alkyl halides is 2. The number of nitrogen functional groups attached to an aromatic ring is 1. The van der Waals surface area contributed by atoms with Crippen LogP contribution in [0.1, 0.15) is 43.0 Å². The van der Waals surface area contributed by atoms with Crippen LogP contribution < -0.4 is 11.3 Å². The molecule has 1 aromatic rings. The number of rotatable bonds is 1. The molecule has 0 bridgehead atoms. The number of H-pyrrole nitrogens is 1. The maximum Gasteiger partial charge on any atom is 0.255 e. The third kappa shape index (κ3) is 2.45. The quantitative estimate of drug-likeness (QED) is 0.791. The number of aromatic amines is 1. The zero-order valence-corrected chi connectivity index (χ0v) is 9.59. The number of nitrogens with two attached hydrogens (primary N) is 1. The smallest absolute Gasteiger partial charge is 0.255 e. The van der Waals surface area contributed by atoms with Gasteiger partial charge in [-0.1, -0.05) is 0 Å². The molecule has 1 aromatic heterocycles. The molecule has 1 unspecified atom stereocenters. The fraction of sp³-hybridized carbons (Fsp3) is 0.636. The van der Waals surface area contributed by atoms with E-state index < -0.39 is 11.8 Å². The van der Waals surface area contributed by atoms with Crippen LogP contribution in [0.3, 0.4) is 0 Å². The summed E-state index contributed by atoms with van der Waals surface area (Å²) in [5.41, 5.74) is 5.56. The highest BCUT2D eigenvalue weighted by Crippen LogP contribution is 2.40. The van der Waals surface area contributed by atoms with Crippen molar-refractivity contribution in [3.63, 3.8) is 0 Å². The summed E-state index contributed by atoms with van der Waals surface area (Å²) in [5, 5.41) is 0. The Morgan fingerprint density at radius 2 is 2.24 bits per heavy atom. The van der Waals surface area contributed by atoms with E-state index in [1.54, 1.807) is 6.92 Å². The topological polar surface area (TPSA) is 71.8 Å². The first-order valence-electron chi connectivity index (χ1n) is 5.63. The van der Waals surface area contributed by atoms with Crippen LogP contribution in [0, 0.1) is 6.92 Å². The second-order valence-corrected chi connectivity index (χ2v) is 4.61. The van der Waals surface area contributed by atoms with Gasteiger partial charge in [0.05, 0.1) is 5.56 Å². The molecular formula is C11H15F2N3O. The van der Waals surface area contributed by atoms with E-state index in [0.717, 1.165) is 0 Å². The van der Waals surface area contributed by atoms with Crippen molar-refractivity contribution in [2.45, 2.75) is 44.4 Å². The third-order valence-electron chi connectivity index (χ3n) is 3.23. The first-order chi connectivity index (χ1) is 7.89. The lowest BCUT2D eigenvalue weighted by Crippen LogP contribution is -2.28. The molecule has 1 aliphatic carbocycles. The van der Waals surface area contributed by atoms with Gasteiger partial charge in [-0.25, -0.2) is 13.8 Å². The lowest BCUT2D eigenvalue weighted by atomic mass is 9.86. The molecule has 3 N–H and O–H groups in total. The molecule has 0 radical (unpaired) electrons. The predicted molar refractivity (Wildman–Crippen MR) is 60.2 cm³/mol. The molecule has 0 aliphatic heterocycles. The Kier molecular flexibility index (Phi) is 2.89. The predicted octanol–water partition coefficient (Wildman–Crippen LogP) is 1.95. The summed E-state index contributed by atoms with van der Waals surface area (Å²) in [6.07, 6.45) is 0.698. The molecule has 1 aliphatic rings. The van der Waals surface area contributed by atoms with Crippen LogP contribution in [0.5, 0.6) is 0 Å². The molecule has 1 fully saturated rings. The van der Waals surface area contributed by atoms with Gasteiger partial charge in [0.1, 0.15) is 11.6 Å². The molecule has 0 spiro atoms. The Labute approximate surface area is 97.3 Å². The van der Waals surface area contributed by atoms with E-state index in [-0.39, 0.29) is 30.0 Å². The summed E-state index contributed by atoms with van der Waals surface area (Å²) in [5.74, 6) is -2.66. The van der Waals surface area contributed by atoms with E-state index in [4.69, 9.17) is 5.73 Å². The molecule has 1 heterocycles. The molecule has 94 valence electrons. The largest absolute Gasteiger partial charge is 0.383 e. The first kappa shape index (κ1) is 12.0. The fourth-order valence-corrected chi connectivity index (χ4v) is 2.17. The number of anilines is 1. The van der Waals surface area contributed by atoms with Crippen LogP contribution >= 0.6 is 0 Å². The van der Waals surface area contributed by atoms with Crippen molar-refractivity contribution in [2.75, 3.05) is 5.73 Å². The number of hydrogen-bond donors (Lipinski definition) is 2. The highest BCUT2D eigenvalue weighted by Gasteiger charge is 2.37. The molecule has 1 saturated carbocycles. The van der Waals surface area contributed by atoms with Gasteiger partial charge in [-0.15, -0.1) is 0 Å². The van der Waals surface area contributed by atoms with Crippen LogP contribution in [-0.2, 0) is 0 Å². The van der Waals surface area contributed by atoms with Crippen molar-refractivity contribution >= 4 is 5.82 Å². The minimum atomic E-state index is -2.67. The van der Waals surface area contributed by atoms with Gasteiger partial charge in [0.25, 0.3) is 5.56 Å². The number of nitrogens with one attached hydrogen (secondary N) is 1. The van der Waals surface area contributed by atoms with Crippen LogP contribution in [0.25, 0.3) is 0 Å². The highest BCUT2D eigenvalue weighted by atomic mass is 19.3. The second-order valence-electron chi connectivity index (χ2n) is 4.61. The lowest BCUT2D eigenvalue weighted by Gasteiger charge is -2.28. The van der Waals surface area contributed by atoms with E-state index in [9.17, 15) is 13.6 Å². The second kappa shape index (κ2) is 4.09. The van der Waals surface area contributed by atoms with Crippen molar-refractivity contribution < 1.29 is 8.78 Å². The van der Waals surface area contributed by atoms with Gasteiger partial charge >= 0.3 is 0 Å². The minimum absolute atomic E-state index is 0.0882. The van der Waals surface area contributed by atoms with Crippen molar-refractivity contribution in [2.24, 2.45) is 0 Å². The summed E-state index contributed by atoms with van der Waals surface area (Å²) in [4.78, 5) is 18.1. The SMILES string of the molecule is Cc1c(N)nc(C2CCCC(F)(F)C2)[nH]c1=O. The van der Waals surface area contributed by atoms with Gasteiger partial charge < -0.3 is 10.7 Å². The van der Waals surface area contributed by atoms with Crippen LogP contribution in [0.15, 0.2) is 4.79 Å². The monoisotopic (exact) mass is 243 g/mol. The van der Waals surface area contributed by atoms with Gasteiger partial charge in [-0.2, -0.15) is 0 Å². The zero-order valence-electron chi connectivity index (χ0n) is 9.59. The van der Waals surface area contributed by atoms with Gasteiger partial charge in [-0.3, -0.25) is 4.79 Å². The van der Waals surface area contributed by atoms with Crippen molar-refractivity contribution in [3.8, 4) is 0 Å². The minimum Gasteiger partial charge on any atom is -0.383 e.